The highest BCUT2D eigenvalue weighted by Crippen LogP contribution is 2.72. The third-order valence-electron chi connectivity index (χ3n) is 2.00. The molecule has 139 valence electrons. The van der Waals surface area contributed by atoms with Crippen LogP contribution in [0.5, 0.6) is 0 Å². The van der Waals surface area contributed by atoms with Gasteiger partial charge in [-0.05, 0) is 63.7 Å². The highest BCUT2D eigenvalue weighted by molar-refractivity contribution is 9.42. The largest absolute Gasteiger partial charge is 0.298 e. The van der Waals surface area contributed by atoms with Crippen molar-refractivity contribution in [3.05, 3.63) is 3.92 Å². The van der Waals surface area contributed by atoms with Gasteiger partial charge >= 0.3 is 0 Å². The van der Waals surface area contributed by atoms with Crippen molar-refractivity contribution in [2.45, 2.75) is 14.4 Å². The Kier molecular flexibility index (Phi) is 12.3. The van der Waals surface area contributed by atoms with Crippen LogP contribution in [0.3, 0.4) is 0 Å². The summed E-state index contributed by atoms with van der Waals surface area (Å²) in [6.45, 7) is 0. The second kappa shape index (κ2) is 9.74. The Balaban J connectivity index is 6.25. The molecule has 0 spiro atoms. The van der Waals surface area contributed by atoms with E-state index >= 15 is 0 Å². The molecule has 0 saturated heterocycles. The molecule has 0 aliphatic carbocycles. The van der Waals surface area contributed by atoms with E-state index in [2.05, 4.69) is 207 Å². The molecular formula is C6Br13O3S. The monoisotopic (exact) mass is 1180 g/mol. The summed E-state index contributed by atoms with van der Waals surface area (Å²) in [5.41, 5.74) is 0. The van der Waals surface area contributed by atoms with Gasteiger partial charge in [-0.25, -0.2) is 4.18 Å². The molecule has 17 heteroatoms. The molecule has 0 unspecified atom stereocenters. The summed E-state index contributed by atoms with van der Waals surface area (Å²) in [5, 5.41) is 0. The smallest absolute Gasteiger partial charge is 0.233 e. The first-order valence-electron chi connectivity index (χ1n) is 4.37. The first kappa shape index (κ1) is 29.1. The fraction of sp³-hybridized carbons (Fsp3) is 0.833. The number of halogens is 13. The topological polar surface area (TPSA) is 43.4 Å². The van der Waals surface area contributed by atoms with Crippen LogP contribution in [0.15, 0.2) is 0 Å². The molecule has 0 aromatic heterocycles. The van der Waals surface area contributed by atoms with Gasteiger partial charge in [-0.1, -0.05) is 143 Å². The lowest BCUT2D eigenvalue weighted by Gasteiger charge is -2.50. The van der Waals surface area contributed by atoms with Gasteiger partial charge < -0.3 is 0 Å². The predicted octanol–water partition coefficient (Wildman–Crippen LogP) is 9.31. The zero-order chi connectivity index (χ0) is 19.3. The number of hydrogen-bond acceptors (Lipinski definition) is 3. The zero-order valence-corrected chi connectivity index (χ0v) is 31.0. The molecule has 0 aromatic rings. The molecule has 0 amide bonds. The predicted molar refractivity (Wildman–Crippen MR) is 143 cm³/mol. The fourth-order valence-corrected chi connectivity index (χ4v) is 12.1. The number of alkyl halides is 11. The van der Waals surface area contributed by atoms with Crippen molar-refractivity contribution in [1.29, 1.82) is 0 Å². The lowest BCUT2D eigenvalue weighted by atomic mass is 10.2. The van der Waals surface area contributed by atoms with Crippen LogP contribution in [0.1, 0.15) is 0 Å². The molecule has 0 fully saturated rings. The van der Waals surface area contributed by atoms with E-state index in [4.69, 9.17) is 4.18 Å². The summed E-state index contributed by atoms with van der Waals surface area (Å²) in [4.78, 5) is 0. The van der Waals surface area contributed by atoms with Gasteiger partial charge in [0, 0.05) is 0 Å². The summed E-state index contributed by atoms with van der Waals surface area (Å²) in [5.74, 6) is 0. The average Bonchev–Trinajstić information content (AvgIpc) is 2.24. The van der Waals surface area contributed by atoms with Crippen molar-refractivity contribution in [1.82, 2.24) is 0 Å². The molecule has 1 radical (unpaired) electrons. The molecule has 23 heavy (non-hydrogen) atoms. The van der Waals surface area contributed by atoms with Crippen molar-refractivity contribution < 1.29 is 12.6 Å². The van der Waals surface area contributed by atoms with Crippen molar-refractivity contribution >= 4 is 217 Å². The second-order valence-electron chi connectivity index (χ2n) is 3.50. The summed E-state index contributed by atoms with van der Waals surface area (Å²) in [6, 6.07) is 0. The van der Waals surface area contributed by atoms with E-state index in [0.29, 0.717) is 0 Å². The Morgan fingerprint density at radius 1 is 0.652 bits per heavy atom. The Labute approximate surface area is 243 Å². The minimum atomic E-state index is -4.24. The first-order valence-corrected chi connectivity index (χ1v) is 16.1. The van der Waals surface area contributed by atoms with Gasteiger partial charge in [0.05, 0.1) is 0 Å². The van der Waals surface area contributed by atoms with Crippen LogP contribution in [0.4, 0.5) is 0 Å². The quantitative estimate of drug-likeness (QED) is 0.197. The van der Waals surface area contributed by atoms with Crippen LogP contribution >= 0.6 is 207 Å². The first-order chi connectivity index (χ1) is 9.67. The van der Waals surface area contributed by atoms with Crippen molar-refractivity contribution in [3.8, 4) is 0 Å². The lowest BCUT2D eigenvalue weighted by molar-refractivity contribution is 0.414. The minimum Gasteiger partial charge on any atom is -0.233 e. The summed E-state index contributed by atoms with van der Waals surface area (Å²) in [6.07, 6.45) is 0. The maximum Gasteiger partial charge on any atom is 0.298 e. The van der Waals surface area contributed by atoms with E-state index in [1.54, 1.807) is 0 Å². The van der Waals surface area contributed by atoms with Crippen LogP contribution in [-0.4, -0.2) is 22.8 Å². The minimum absolute atomic E-state index is 0.112. The average molecular weight is 1190 g/mol. The molecule has 0 rings (SSSR count). The van der Waals surface area contributed by atoms with Gasteiger partial charge in [0.25, 0.3) is 10.1 Å². The summed E-state index contributed by atoms with van der Waals surface area (Å²) < 4.78 is 23.3. The van der Waals surface area contributed by atoms with E-state index in [9.17, 15) is 8.42 Å². The van der Waals surface area contributed by atoms with Gasteiger partial charge in [-0.3, -0.25) is 0 Å². The van der Waals surface area contributed by atoms with Gasteiger partial charge in [-0.2, -0.15) is 8.42 Å². The lowest BCUT2D eigenvalue weighted by Crippen LogP contribution is -2.61. The Morgan fingerprint density at radius 2 is 1.00 bits per heavy atom. The number of hydrogen-bond donors (Lipinski definition) is 0. The Bertz CT molecular complexity index is 532. The maximum absolute atomic E-state index is 12.6. The van der Waals surface area contributed by atoms with E-state index in [1.165, 1.54) is 0 Å². The normalized spacial score (nSPS) is 16.1. The fourth-order valence-electron chi connectivity index (χ4n) is 0.850. The SMILES string of the molecule is O=S(=O)(O[C](Br)Br)C(Br)(Br)C(Br)(Br)C(Br)(Br)C(Br)(Br)C(Br)(Br)Br. The Morgan fingerprint density at radius 3 is 1.26 bits per heavy atom. The summed E-state index contributed by atoms with van der Waals surface area (Å²) >= 11 is 43.0. The molecule has 0 saturated carbocycles. The molecule has 0 atom stereocenters. The standard InChI is InChI=1S/C6Br13O3S/c7-1(8)22-23(20,21)6(18,19)4(13,14)2(9,10)3(11,12)5(15,16)17. The van der Waals surface area contributed by atoms with Gasteiger partial charge in [0.2, 0.25) is 6.49 Å². The molecule has 0 N–H and O–H groups in total. The highest BCUT2D eigenvalue weighted by atomic mass is 80.0. The van der Waals surface area contributed by atoms with Crippen molar-refractivity contribution in [2.75, 3.05) is 0 Å². The second-order valence-corrected chi connectivity index (χ2v) is 29.3. The summed E-state index contributed by atoms with van der Waals surface area (Å²) in [7, 11) is -4.24. The third kappa shape index (κ3) is 6.11. The van der Waals surface area contributed by atoms with Crippen LogP contribution in [-0.2, 0) is 14.3 Å². The van der Waals surface area contributed by atoms with Gasteiger partial charge in [0.15, 0.2) is 2.14 Å². The molecule has 0 heterocycles. The van der Waals surface area contributed by atoms with E-state index in [1.807, 2.05) is 0 Å². The van der Waals surface area contributed by atoms with E-state index < -0.39 is 24.5 Å². The van der Waals surface area contributed by atoms with Gasteiger partial charge in [0.1, 0.15) is 9.70 Å². The van der Waals surface area contributed by atoms with E-state index in [-0.39, 0.29) is 3.92 Å². The van der Waals surface area contributed by atoms with E-state index in [0.717, 1.165) is 0 Å². The number of rotatable bonds is 6. The third-order valence-corrected chi connectivity index (χ3v) is 26.7. The van der Waals surface area contributed by atoms with Gasteiger partial charge in [-0.15, -0.1) is 0 Å². The van der Waals surface area contributed by atoms with Crippen molar-refractivity contribution in [2.24, 2.45) is 0 Å². The Hall–Kier alpha value is 6.15. The van der Waals surface area contributed by atoms with Crippen molar-refractivity contribution in [3.63, 3.8) is 0 Å². The van der Waals surface area contributed by atoms with Crippen LogP contribution in [0.25, 0.3) is 0 Å². The molecule has 0 aromatic carbocycles. The molecule has 0 bridgehead atoms. The molecular weight excluding hydrogens is 1190 g/mol. The molecule has 0 aliphatic heterocycles. The highest BCUT2D eigenvalue weighted by Gasteiger charge is 2.73. The molecule has 3 nitrogen and oxygen atoms in total. The van der Waals surface area contributed by atoms with Crippen LogP contribution < -0.4 is 0 Å². The molecule has 0 aliphatic rings. The van der Waals surface area contributed by atoms with Crippen LogP contribution in [0.2, 0.25) is 0 Å². The van der Waals surface area contributed by atoms with Crippen LogP contribution in [0, 0.1) is 3.92 Å². The maximum atomic E-state index is 12.6. The zero-order valence-electron chi connectivity index (χ0n) is 9.55.